The second-order valence-corrected chi connectivity index (χ2v) is 11.0. The fourth-order valence-electron chi connectivity index (χ4n) is 3.48. The Hall–Kier alpha value is -3.90. The topological polar surface area (TPSA) is 104 Å². The molecule has 0 spiro atoms. The number of nitrogens with one attached hydrogen (secondary N) is 1. The van der Waals surface area contributed by atoms with Crippen LogP contribution in [0.3, 0.4) is 0 Å². The molecule has 4 aromatic rings. The van der Waals surface area contributed by atoms with Gasteiger partial charge in [0.2, 0.25) is 11.1 Å². The molecule has 0 aliphatic rings. The second kappa shape index (κ2) is 14.3. The lowest BCUT2D eigenvalue weighted by molar-refractivity contribution is -0.137. The molecule has 0 bridgehead atoms. The number of benzene rings is 2. The molecule has 4 rings (SSSR count). The minimum absolute atomic E-state index is 0.00182. The van der Waals surface area contributed by atoms with Crippen molar-refractivity contribution in [2.24, 2.45) is 0 Å². The summed E-state index contributed by atoms with van der Waals surface area (Å²) in [4.78, 5) is 16.5. The number of hydrogen-bond acceptors (Lipinski definition) is 8. The first-order chi connectivity index (χ1) is 20.8. The molecule has 2 heterocycles. The number of pyridine rings is 1. The maximum Gasteiger partial charge on any atom is 0.416 e. The number of anilines is 1. The van der Waals surface area contributed by atoms with Gasteiger partial charge in [-0.05, 0) is 66.7 Å². The molecule has 2 aromatic heterocycles. The third-order valence-corrected chi connectivity index (χ3v) is 7.20. The van der Waals surface area contributed by atoms with Crippen molar-refractivity contribution >= 4 is 46.6 Å². The van der Waals surface area contributed by atoms with Crippen LogP contribution in [-0.4, -0.2) is 55.7 Å². The summed E-state index contributed by atoms with van der Waals surface area (Å²) in [6.45, 7) is 3.94. The Labute approximate surface area is 263 Å². The molecule has 0 saturated heterocycles. The number of nitrogens with zero attached hydrogens (tertiary/aromatic N) is 5. The summed E-state index contributed by atoms with van der Waals surface area (Å²) < 4.78 is 66.8. The van der Waals surface area contributed by atoms with Gasteiger partial charge in [0.25, 0.3) is 0 Å². The van der Waals surface area contributed by atoms with Gasteiger partial charge in [-0.3, -0.25) is 9.78 Å². The highest BCUT2D eigenvalue weighted by Gasteiger charge is 2.31. The van der Waals surface area contributed by atoms with E-state index in [1.807, 2.05) is 0 Å². The number of rotatable bonds is 10. The highest BCUT2D eigenvalue weighted by atomic mass is 35.5. The van der Waals surface area contributed by atoms with Gasteiger partial charge in [0.05, 0.1) is 39.9 Å². The third-order valence-electron chi connectivity index (χ3n) is 5.59. The van der Waals surface area contributed by atoms with E-state index in [0.717, 1.165) is 34.6 Å². The first kappa shape index (κ1) is 33.0. The number of thioether (sulfide) groups is 1. The monoisotopic (exact) mass is 668 g/mol. The zero-order chi connectivity index (χ0) is 31.9. The molecule has 0 fully saturated rings. The first-order valence-electron chi connectivity index (χ1n) is 12.6. The Balaban J connectivity index is 1.35. The van der Waals surface area contributed by atoms with Gasteiger partial charge in [-0.2, -0.15) is 17.9 Å². The zero-order valence-electron chi connectivity index (χ0n) is 23.0. The quantitative estimate of drug-likeness (QED) is 0.0887. The number of alkyl halides is 3. The van der Waals surface area contributed by atoms with Crippen molar-refractivity contribution in [3.8, 4) is 23.3 Å². The molecule has 44 heavy (non-hydrogen) atoms. The minimum atomic E-state index is -4.61. The van der Waals surface area contributed by atoms with Crippen molar-refractivity contribution in [3.63, 3.8) is 0 Å². The van der Waals surface area contributed by atoms with Crippen LogP contribution < -0.4 is 10.1 Å². The van der Waals surface area contributed by atoms with E-state index in [9.17, 15) is 18.0 Å². The molecular weight excluding hydrogens is 647 g/mol. The van der Waals surface area contributed by atoms with Gasteiger partial charge in [-0.25, -0.2) is 4.39 Å². The molecule has 0 atom stereocenters. The van der Waals surface area contributed by atoms with Crippen LogP contribution in [0.25, 0.3) is 5.69 Å². The van der Waals surface area contributed by atoms with Gasteiger partial charge in [-0.15, -0.1) is 5.10 Å². The van der Waals surface area contributed by atoms with Crippen LogP contribution in [0.15, 0.2) is 60.0 Å². The number of amides is 1. The normalized spacial score (nSPS) is 11.5. The molecule has 0 saturated carbocycles. The molecular formula is C28H22Cl2F4N6O3S. The van der Waals surface area contributed by atoms with E-state index in [-0.39, 0.29) is 51.1 Å². The van der Waals surface area contributed by atoms with E-state index in [2.05, 4.69) is 37.7 Å². The van der Waals surface area contributed by atoms with E-state index in [4.69, 9.17) is 32.7 Å². The van der Waals surface area contributed by atoms with Gasteiger partial charge >= 0.3 is 6.18 Å². The first-order valence-corrected chi connectivity index (χ1v) is 14.3. The Morgan fingerprint density at radius 3 is 2.57 bits per heavy atom. The molecule has 0 aliphatic carbocycles. The molecule has 0 radical (unpaired) electrons. The van der Waals surface area contributed by atoms with Crippen LogP contribution in [0.1, 0.15) is 25.0 Å². The van der Waals surface area contributed by atoms with E-state index < -0.39 is 29.1 Å². The molecule has 0 unspecified atom stereocenters. The van der Waals surface area contributed by atoms with Gasteiger partial charge in [-0.1, -0.05) is 46.8 Å². The number of carbonyl (C=O) groups excluding carboxylic acids is 1. The lowest BCUT2D eigenvalue weighted by atomic mass is 10.1. The van der Waals surface area contributed by atoms with E-state index in [1.165, 1.54) is 12.1 Å². The molecule has 9 nitrogen and oxygen atoms in total. The average molecular weight is 669 g/mol. The van der Waals surface area contributed by atoms with Gasteiger partial charge in [0.1, 0.15) is 23.0 Å². The van der Waals surface area contributed by atoms with E-state index in [0.29, 0.717) is 5.75 Å². The lowest BCUT2D eigenvalue weighted by Crippen LogP contribution is -2.25. The SMILES string of the molecule is CC(C)(C#Cc1ccc(NC(=O)CSc2nnnn2-c2cc(C(F)(F)F)ccc2Cl)c(Cl)c1F)OCCOc1ccncc1. The van der Waals surface area contributed by atoms with Gasteiger partial charge in [0.15, 0.2) is 5.82 Å². The number of aromatic nitrogens is 5. The number of carbonyl (C=O) groups is 1. The molecule has 1 N–H and O–H groups in total. The largest absolute Gasteiger partial charge is 0.491 e. The highest BCUT2D eigenvalue weighted by Crippen LogP contribution is 2.34. The van der Waals surface area contributed by atoms with Crippen molar-refractivity contribution in [2.45, 2.75) is 30.8 Å². The summed E-state index contributed by atoms with van der Waals surface area (Å²) in [6.07, 6.45) is -1.40. The third kappa shape index (κ3) is 8.82. The summed E-state index contributed by atoms with van der Waals surface area (Å²) in [6, 6.07) is 8.87. The molecule has 2 aromatic carbocycles. The smallest absolute Gasteiger partial charge is 0.416 e. The Morgan fingerprint density at radius 1 is 1.09 bits per heavy atom. The molecule has 1 amide bonds. The van der Waals surface area contributed by atoms with Gasteiger partial charge < -0.3 is 14.8 Å². The predicted molar refractivity (Wildman–Crippen MR) is 157 cm³/mol. The van der Waals surface area contributed by atoms with Crippen molar-refractivity contribution in [3.05, 3.63) is 81.8 Å². The average Bonchev–Trinajstić information content (AvgIpc) is 3.45. The van der Waals surface area contributed by atoms with Crippen LogP contribution in [0.2, 0.25) is 10.0 Å². The van der Waals surface area contributed by atoms with Crippen LogP contribution in [-0.2, 0) is 15.7 Å². The molecule has 16 heteroatoms. The second-order valence-electron chi connectivity index (χ2n) is 9.30. The van der Waals surface area contributed by atoms with Crippen LogP contribution in [0, 0.1) is 17.7 Å². The molecule has 0 aliphatic heterocycles. The Bertz CT molecular complexity index is 1690. The standard InChI is InChI=1S/C28H22Cl2F4N6O3S/c1-27(2,43-14-13-42-19-8-11-35-12-9-19)10-7-17-3-6-21(24(30)25(17)31)36-23(41)16-44-26-37-38-39-40(26)22-15-18(28(32,33)34)4-5-20(22)29/h3-6,8-9,11-12,15H,13-14,16H2,1-2H3,(H,36,41). The van der Waals surface area contributed by atoms with Crippen molar-refractivity contribution in [1.82, 2.24) is 25.2 Å². The van der Waals surface area contributed by atoms with E-state index >= 15 is 4.39 Å². The van der Waals surface area contributed by atoms with Crippen LogP contribution >= 0.6 is 35.0 Å². The maximum atomic E-state index is 15.0. The van der Waals surface area contributed by atoms with Crippen LogP contribution in [0.4, 0.5) is 23.2 Å². The van der Waals surface area contributed by atoms with Gasteiger partial charge in [0, 0.05) is 12.4 Å². The van der Waals surface area contributed by atoms with Crippen LogP contribution in [0.5, 0.6) is 5.75 Å². The Morgan fingerprint density at radius 2 is 1.84 bits per heavy atom. The van der Waals surface area contributed by atoms with Crippen molar-refractivity contribution < 1.29 is 31.8 Å². The van der Waals surface area contributed by atoms with E-state index in [1.54, 1.807) is 38.4 Å². The number of ether oxygens (including phenoxy) is 2. The Kier molecular flexibility index (Phi) is 10.7. The summed E-state index contributed by atoms with van der Waals surface area (Å²) in [7, 11) is 0. The summed E-state index contributed by atoms with van der Waals surface area (Å²) >= 11 is 13.1. The van der Waals surface area contributed by atoms with Crippen molar-refractivity contribution in [2.75, 3.05) is 24.3 Å². The summed E-state index contributed by atoms with van der Waals surface area (Å²) in [5.41, 5.74) is -2.02. The maximum absolute atomic E-state index is 15.0. The number of tetrazole rings is 1. The van der Waals surface area contributed by atoms with Crippen molar-refractivity contribution in [1.29, 1.82) is 0 Å². The number of hydrogen-bond donors (Lipinski definition) is 1. The summed E-state index contributed by atoms with van der Waals surface area (Å²) in [5, 5.41) is 13.0. The summed E-state index contributed by atoms with van der Waals surface area (Å²) in [5.74, 6) is 4.48. The zero-order valence-corrected chi connectivity index (χ0v) is 25.3. The fourth-order valence-corrected chi connectivity index (χ4v) is 4.57. The predicted octanol–water partition coefficient (Wildman–Crippen LogP) is 6.48. The molecule has 230 valence electrons. The minimum Gasteiger partial charge on any atom is -0.491 e. The highest BCUT2D eigenvalue weighted by molar-refractivity contribution is 7.99. The lowest BCUT2D eigenvalue weighted by Gasteiger charge is -2.19. The fraction of sp³-hybridized carbons (Fsp3) is 0.250. The number of halogens is 6.